The van der Waals surface area contributed by atoms with Crippen LogP contribution in [0.5, 0.6) is 0 Å². The topological polar surface area (TPSA) is 120 Å². The first-order valence-electron chi connectivity index (χ1n) is 9.02. The van der Waals surface area contributed by atoms with Gasteiger partial charge in [-0.2, -0.15) is 5.10 Å². The molecule has 9 nitrogen and oxygen atoms in total. The van der Waals surface area contributed by atoms with Gasteiger partial charge in [0.25, 0.3) is 5.91 Å². The molecule has 3 amide bonds. The molecule has 1 fully saturated rings. The van der Waals surface area contributed by atoms with Gasteiger partial charge in [0.1, 0.15) is 5.82 Å². The zero-order chi connectivity index (χ0) is 20.1. The molecule has 0 saturated carbocycles. The molecular formula is C19H23N5O4. The average molecular weight is 385 g/mol. The molecule has 0 spiro atoms. The van der Waals surface area contributed by atoms with Crippen molar-refractivity contribution in [1.82, 2.24) is 14.7 Å². The number of carbonyl (C=O) groups is 3. The Bertz CT molecular complexity index is 843. The SMILES string of the molecule is CO[C@H](C(=O)Nc1ccnn1C1CCN(C(=O)C(N)=O)CC1)c1ccccc1. The smallest absolute Gasteiger partial charge is 0.311 e. The van der Waals surface area contributed by atoms with Crippen molar-refractivity contribution in [2.45, 2.75) is 25.0 Å². The Hall–Kier alpha value is -3.20. The molecule has 3 rings (SSSR count). The molecule has 148 valence electrons. The highest BCUT2D eigenvalue weighted by molar-refractivity contribution is 6.34. The lowest BCUT2D eigenvalue weighted by Crippen LogP contribution is -2.45. The molecule has 0 aliphatic carbocycles. The minimum atomic E-state index is -0.947. The highest BCUT2D eigenvalue weighted by atomic mass is 16.5. The van der Waals surface area contributed by atoms with Crippen molar-refractivity contribution in [1.29, 1.82) is 0 Å². The summed E-state index contributed by atoms with van der Waals surface area (Å²) in [6, 6.07) is 10.9. The van der Waals surface area contributed by atoms with Crippen LogP contribution in [-0.4, -0.2) is 52.6 Å². The van der Waals surface area contributed by atoms with Crippen LogP contribution in [0.2, 0.25) is 0 Å². The second-order valence-electron chi connectivity index (χ2n) is 6.56. The van der Waals surface area contributed by atoms with Gasteiger partial charge >= 0.3 is 11.8 Å². The molecule has 1 atom stereocenters. The molecule has 1 aliphatic heterocycles. The predicted octanol–water partition coefficient (Wildman–Crippen LogP) is 0.858. The Morgan fingerprint density at radius 1 is 1.18 bits per heavy atom. The van der Waals surface area contributed by atoms with Crippen LogP contribution >= 0.6 is 0 Å². The van der Waals surface area contributed by atoms with Gasteiger partial charge in [0, 0.05) is 26.3 Å². The fraction of sp³-hybridized carbons (Fsp3) is 0.368. The van der Waals surface area contributed by atoms with E-state index < -0.39 is 17.9 Å². The summed E-state index contributed by atoms with van der Waals surface area (Å²) in [5.41, 5.74) is 5.81. The van der Waals surface area contributed by atoms with Crippen molar-refractivity contribution >= 4 is 23.5 Å². The number of methoxy groups -OCH3 is 1. The monoisotopic (exact) mass is 385 g/mol. The van der Waals surface area contributed by atoms with E-state index >= 15 is 0 Å². The number of aromatic nitrogens is 2. The maximum atomic E-state index is 12.7. The van der Waals surface area contributed by atoms with Crippen LogP contribution in [0.4, 0.5) is 5.82 Å². The van der Waals surface area contributed by atoms with E-state index in [-0.39, 0.29) is 11.9 Å². The molecule has 2 heterocycles. The van der Waals surface area contributed by atoms with E-state index in [2.05, 4.69) is 10.4 Å². The lowest BCUT2D eigenvalue weighted by Gasteiger charge is -2.32. The Morgan fingerprint density at radius 2 is 1.86 bits per heavy atom. The summed E-state index contributed by atoms with van der Waals surface area (Å²) in [5, 5.41) is 7.19. The average Bonchev–Trinajstić information content (AvgIpc) is 3.17. The van der Waals surface area contributed by atoms with Gasteiger partial charge in [-0.05, 0) is 18.4 Å². The van der Waals surface area contributed by atoms with Crippen LogP contribution in [0.1, 0.15) is 30.6 Å². The van der Waals surface area contributed by atoms with E-state index in [1.54, 1.807) is 16.9 Å². The minimum Gasteiger partial charge on any atom is -0.367 e. The van der Waals surface area contributed by atoms with Gasteiger partial charge in [0.15, 0.2) is 6.10 Å². The number of nitrogens with zero attached hydrogens (tertiary/aromatic N) is 3. The number of carbonyl (C=O) groups excluding carboxylic acids is 3. The Labute approximate surface area is 162 Å². The second-order valence-corrected chi connectivity index (χ2v) is 6.56. The van der Waals surface area contributed by atoms with Crippen molar-refractivity contribution in [3.05, 3.63) is 48.2 Å². The van der Waals surface area contributed by atoms with E-state index in [1.807, 2.05) is 30.3 Å². The quantitative estimate of drug-likeness (QED) is 0.740. The number of amides is 3. The standard InChI is InChI=1S/C19H23N5O4/c1-28-16(13-5-3-2-4-6-13)18(26)22-15-7-10-21-24(15)14-8-11-23(12-9-14)19(27)17(20)25/h2-7,10,14,16H,8-9,11-12H2,1H3,(H2,20,25)(H,22,26)/t16-/m0/s1. The maximum absolute atomic E-state index is 12.7. The third-order valence-corrected chi connectivity index (χ3v) is 4.81. The highest BCUT2D eigenvalue weighted by Crippen LogP contribution is 2.26. The number of ether oxygens (including phenoxy) is 1. The molecule has 0 bridgehead atoms. The van der Waals surface area contributed by atoms with Crippen LogP contribution in [0.25, 0.3) is 0 Å². The molecule has 1 aliphatic rings. The summed E-state index contributed by atoms with van der Waals surface area (Å²) in [7, 11) is 1.49. The number of nitrogens with one attached hydrogen (secondary N) is 1. The van der Waals surface area contributed by atoms with Gasteiger partial charge in [0.05, 0.1) is 12.2 Å². The van der Waals surface area contributed by atoms with Crippen molar-refractivity contribution in [2.24, 2.45) is 5.73 Å². The second kappa shape index (κ2) is 8.66. The van der Waals surface area contributed by atoms with Gasteiger partial charge < -0.3 is 20.7 Å². The third-order valence-electron chi connectivity index (χ3n) is 4.81. The maximum Gasteiger partial charge on any atom is 0.311 e. The van der Waals surface area contributed by atoms with Gasteiger partial charge in [-0.15, -0.1) is 0 Å². The van der Waals surface area contributed by atoms with Crippen LogP contribution < -0.4 is 11.1 Å². The molecule has 3 N–H and O–H groups in total. The fourth-order valence-corrected chi connectivity index (χ4v) is 3.39. The van der Waals surface area contributed by atoms with Crippen LogP contribution in [0, 0.1) is 0 Å². The number of hydrogen-bond acceptors (Lipinski definition) is 5. The van der Waals surface area contributed by atoms with Crippen LogP contribution in [0.3, 0.4) is 0 Å². The number of benzene rings is 1. The lowest BCUT2D eigenvalue weighted by molar-refractivity contribution is -0.145. The van der Waals surface area contributed by atoms with Crippen molar-refractivity contribution < 1.29 is 19.1 Å². The fourth-order valence-electron chi connectivity index (χ4n) is 3.39. The number of anilines is 1. The van der Waals surface area contributed by atoms with E-state index in [0.29, 0.717) is 31.7 Å². The first-order chi connectivity index (χ1) is 13.5. The van der Waals surface area contributed by atoms with Gasteiger partial charge in [-0.25, -0.2) is 4.68 Å². The summed E-state index contributed by atoms with van der Waals surface area (Å²) in [5.74, 6) is -1.35. The molecule has 2 aromatic rings. The van der Waals surface area contributed by atoms with Gasteiger partial charge in [-0.3, -0.25) is 14.4 Å². The number of piperidine rings is 1. The Kier molecular flexibility index (Phi) is 6.05. The number of nitrogens with two attached hydrogens (primary N) is 1. The number of rotatable bonds is 5. The molecule has 28 heavy (non-hydrogen) atoms. The number of hydrogen-bond donors (Lipinski definition) is 2. The van der Waals surface area contributed by atoms with Gasteiger partial charge in [0.2, 0.25) is 0 Å². The Balaban J connectivity index is 1.67. The molecule has 9 heteroatoms. The summed E-state index contributed by atoms with van der Waals surface area (Å²) in [6.45, 7) is 0.814. The molecule has 1 aromatic carbocycles. The molecule has 1 saturated heterocycles. The summed E-state index contributed by atoms with van der Waals surface area (Å²) in [6.07, 6.45) is 2.09. The van der Waals surface area contributed by atoms with Crippen molar-refractivity contribution in [3.63, 3.8) is 0 Å². The number of primary amides is 1. The normalized spacial score (nSPS) is 15.8. The van der Waals surface area contributed by atoms with E-state index in [4.69, 9.17) is 10.5 Å². The zero-order valence-corrected chi connectivity index (χ0v) is 15.6. The van der Waals surface area contributed by atoms with E-state index in [9.17, 15) is 14.4 Å². The van der Waals surface area contributed by atoms with E-state index in [0.717, 1.165) is 5.56 Å². The van der Waals surface area contributed by atoms with Crippen molar-refractivity contribution in [3.8, 4) is 0 Å². The van der Waals surface area contributed by atoms with E-state index in [1.165, 1.54) is 12.0 Å². The van der Waals surface area contributed by atoms with Crippen molar-refractivity contribution in [2.75, 3.05) is 25.5 Å². The number of likely N-dealkylation sites (tertiary alicyclic amines) is 1. The van der Waals surface area contributed by atoms with Gasteiger partial charge in [-0.1, -0.05) is 30.3 Å². The largest absolute Gasteiger partial charge is 0.367 e. The first kappa shape index (κ1) is 19.6. The Morgan fingerprint density at radius 3 is 2.46 bits per heavy atom. The molecule has 0 unspecified atom stereocenters. The molecular weight excluding hydrogens is 362 g/mol. The molecule has 0 radical (unpaired) electrons. The lowest BCUT2D eigenvalue weighted by atomic mass is 10.1. The van der Waals surface area contributed by atoms with Crippen LogP contribution in [-0.2, 0) is 19.1 Å². The third kappa shape index (κ3) is 4.20. The zero-order valence-electron chi connectivity index (χ0n) is 15.6. The molecule has 1 aromatic heterocycles. The summed E-state index contributed by atoms with van der Waals surface area (Å²) >= 11 is 0. The summed E-state index contributed by atoms with van der Waals surface area (Å²) in [4.78, 5) is 36.9. The summed E-state index contributed by atoms with van der Waals surface area (Å²) < 4.78 is 7.10. The van der Waals surface area contributed by atoms with Crippen LogP contribution in [0.15, 0.2) is 42.6 Å². The highest BCUT2D eigenvalue weighted by Gasteiger charge is 2.28. The minimum absolute atomic E-state index is 0.0000493. The first-order valence-corrected chi connectivity index (χ1v) is 9.02. The predicted molar refractivity (Wildman–Crippen MR) is 101 cm³/mol.